The quantitative estimate of drug-likeness (QED) is 0.0264. The highest BCUT2D eigenvalue weighted by Gasteiger charge is 2.26. The Hall–Kier alpha value is -1.77. The zero-order valence-electron chi connectivity index (χ0n) is 47.4. The SMILES string of the molecule is CCCCC/C=C\CCCCCCCC(=O)OCC(COP(=O)(O)OCCN)OC(=O)CCCCCCCCCCCCCCCCCCCCCCCCCCCCC/C=C\C/C=C\CCCCCCC. The summed E-state index contributed by atoms with van der Waals surface area (Å²) in [7, 11) is -4.38. The molecule has 72 heavy (non-hydrogen) atoms. The fourth-order valence-corrected chi connectivity index (χ4v) is 9.90. The summed E-state index contributed by atoms with van der Waals surface area (Å²) in [6.07, 6.45) is 71.1. The first-order valence-electron chi connectivity index (χ1n) is 31.0. The zero-order chi connectivity index (χ0) is 52.4. The van der Waals surface area contributed by atoms with Crippen molar-refractivity contribution < 1.29 is 37.6 Å². The van der Waals surface area contributed by atoms with Crippen molar-refractivity contribution in [1.82, 2.24) is 0 Å². The Morgan fingerprint density at radius 3 is 1.10 bits per heavy atom. The number of esters is 2. The van der Waals surface area contributed by atoms with E-state index in [1.807, 2.05) is 0 Å². The van der Waals surface area contributed by atoms with Crippen LogP contribution in [0.25, 0.3) is 0 Å². The topological polar surface area (TPSA) is 134 Å². The maximum Gasteiger partial charge on any atom is 0.472 e. The Balaban J connectivity index is 3.71. The molecule has 9 nitrogen and oxygen atoms in total. The van der Waals surface area contributed by atoms with E-state index < -0.39 is 26.5 Å². The molecular formula is C62H118NO8P. The Labute approximate surface area is 445 Å². The third-order valence-corrected chi connectivity index (χ3v) is 14.7. The van der Waals surface area contributed by atoms with Crippen LogP contribution in [0.15, 0.2) is 36.5 Å². The molecule has 0 radical (unpaired) electrons. The van der Waals surface area contributed by atoms with Crippen molar-refractivity contribution in [3.8, 4) is 0 Å². The Bertz CT molecular complexity index is 1270. The highest BCUT2D eigenvalue weighted by molar-refractivity contribution is 7.47. The average Bonchev–Trinajstić information content (AvgIpc) is 3.37. The summed E-state index contributed by atoms with van der Waals surface area (Å²) in [6.45, 7) is 3.73. The van der Waals surface area contributed by atoms with E-state index in [9.17, 15) is 19.0 Å². The molecule has 0 bridgehead atoms. The minimum Gasteiger partial charge on any atom is -0.462 e. The van der Waals surface area contributed by atoms with Crippen molar-refractivity contribution in [2.75, 3.05) is 26.4 Å². The lowest BCUT2D eigenvalue weighted by molar-refractivity contribution is -0.161. The predicted octanol–water partition coefficient (Wildman–Crippen LogP) is 19.6. The van der Waals surface area contributed by atoms with Crippen LogP contribution >= 0.6 is 7.82 Å². The first-order chi connectivity index (χ1) is 35.3. The number of ether oxygens (including phenoxy) is 2. The van der Waals surface area contributed by atoms with Gasteiger partial charge in [-0.05, 0) is 70.6 Å². The smallest absolute Gasteiger partial charge is 0.462 e. The van der Waals surface area contributed by atoms with E-state index in [0.29, 0.717) is 6.42 Å². The van der Waals surface area contributed by atoms with Crippen LogP contribution in [0.4, 0.5) is 0 Å². The molecule has 0 aromatic heterocycles. The van der Waals surface area contributed by atoms with Crippen molar-refractivity contribution >= 4 is 19.8 Å². The molecule has 0 saturated heterocycles. The third-order valence-electron chi connectivity index (χ3n) is 13.7. The molecule has 0 fully saturated rings. The number of phosphoric acid groups is 1. The lowest BCUT2D eigenvalue weighted by Gasteiger charge is -2.19. The highest BCUT2D eigenvalue weighted by atomic mass is 31.2. The molecule has 0 rings (SSSR count). The first-order valence-corrected chi connectivity index (χ1v) is 32.5. The normalized spacial score (nSPS) is 13.2. The fraction of sp³-hybridized carbons (Fsp3) is 0.871. The van der Waals surface area contributed by atoms with Gasteiger partial charge in [-0.3, -0.25) is 18.6 Å². The Morgan fingerprint density at radius 2 is 0.722 bits per heavy atom. The van der Waals surface area contributed by atoms with Gasteiger partial charge in [0.15, 0.2) is 6.10 Å². The van der Waals surface area contributed by atoms with E-state index in [4.69, 9.17) is 24.3 Å². The Kier molecular flexibility index (Phi) is 57.1. The minimum atomic E-state index is -4.38. The number of hydrogen-bond acceptors (Lipinski definition) is 8. The average molecular weight is 1040 g/mol. The molecule has 0 heterocycles. The summed E-state index contributed by atoms with van der Waals surface area (Å²) in [5.74, 6) is -0.825. The molecule has 0 aliphatic carbocycles. The van der Waals surface area contributed by atoms with E-state index in [1.54, 1.807) is 0 Å². The van der Waals surface area contributed by atoms with Gasteiger partial charge in [0.1, 0.15) is 6.61 Å². The molecule has 2 unspecified atom stereocenters. The van der Waals surface area contributed by atoms with Crippen LogP contribution in [0.1, 0.15) is 316 Å². The number of rotatable bonds is 59. The summed E-state index contributed by atoms with van der Waals surface area (Å²) >= 11 is 0. The molecule has 0 aromatic carbocycles. The standard InChI is InChI=1S/C62H118NO8P/c1-3-5-7-9-11-13-15-17-18-19-20-21-22-23-24-25-26-27-28-29-30-31-32-33-34-35-36-37-38-39-40-41-42-43-45-47-49-51-53-55-62(65)71-60(59-70-72(66,67)69-57-56-63)58-68-61(64)54-52-50-48-46-44-16-14-12-10-8-6-4-2/h12,14-15,17,19-20,60H,3-11,13,16,18,21-59,63H2,1-2H3,(H,66,67)/b14-12-,17-15-,20-19-. The van der Waals surface area contributed by atoms with Gasteiger partial charge in [-0.15, -0.1) is 0 Å². The number of carbonyl (C=O) groups excluding carboxylic acids is 2. The number of carbonyl (C=O) groups is 2. The largest absolute Gasteiger partial charge is 0.472 e. The van der Waals surface area contributed by atoms with Crippen molar-refractivity contribution in [3.05, 3.63) is 36.5 Å². The summed E-state index contributed by atoms with van der Waals surface area (Å²) in [6, 6.07) is 0. The van der Waals surface area contributed by atoms with Crippen LogP contribution in [0.3, 0.4) is 0 Å². The van der Waals surface area contributed by atoms with Gasteiger partial charge in [0.25, 0.3) is 0 Å². The maximum absolute atomic E-state index is 12.7. The molecule has 3 N–H and O–H groups in total. The van der Waals surface area contributed by atoms with Crippen LogP contribution in [-0.4, -0.2) is 49.3 Å². The van der Waals surface area contributed by atoms with E-state index >= 15 is 0 Å². The molecule has 0 aromatic rings. The predicted molar refractivity (Wildman–Crippen MR) is 307 cm³/mol. The monoisotopic (exact) mass is 1040 g/mol. The number of hydrogen-bond donors (Lipinski definition) is 2. The molecule has 424 valence electrons. The third kappa shape index (κ3) is 57.5. The van der Waals surface area contributed by atoms with Crippen LogP contribution in [0, 0.1) is 0 Å². The van der Waals surface area contributed by atoms with Gasteiger partial charge in [0.2, 0.25) is 0 Å². The summed E-state index contributed by atoms with van der Waals surface area (Å²) < 4.78 is 32.9. The molecule has 0 amide bonds. The van der Waals surface area contributed by atoms with Crippen molar-refractivity contribution in [2.24, 2.45) is 5.73 Å². The van der Waals surface area contributed by atoms with Crippen molar-refractivity contribution in [3.63, 3.8) is 0 Å². The lowest BCUT2D eigenvalue weighted by atomic mass is 10.0. The molecule has 2 atom stereocenters. The van der Waals surface area contributed by atoms with E-state index in [0.717, 1.165) is 57.8 Å². The number of allylic oxidation sites excluding steroid dienone is 6. The minimum absolute atomic E-state index is 0.0543. The summed E-state index contributed by atoms with van der Waals surface area (Å²) in [4.78, 5) is 35.1. The lowest BCUT2D eigenvalue weighted by Crippen LogP contribution is -2.29. The Morgan fingerprint density at radius 1 is 0.417 bits per heavy atom. The van der Waals surface area contributed by atoms with Gasteiger partial charge >= 0.3 is 19.8 Å². The molecular weight excluding hydrogens is 918 g/mol. The molecule has 0 spiro atoms. The van der Waals surface area contributed by atoms with Crippen LogP contribution in [0.5, 0.6) is 0 Å². The number of phosphoric ester groups is 1. The number of nitrogens with two attached hydrogens (primary N) is 1. The molecule has 0 aliphatic rings. The molecule has 0 aliphatic heterocycles. The highest BCUT2D eigenvalue weighted by Crippen LogP contribution is 2.43. The van der Waals surface area contributed by atoms with Gasteiger partial charge in [0, 0.05) is 19.4 Å². The van der Waals surface area contributed by atoms with Gasteiger partial charge in [-0.25, -0.2) is 4.57 Å². The summed E-state index contributed by atoms with van der Waals surface area (Å²) in [5, 5.41) is 0. The van der Waals surface area contributed by atoms with Gasteiger partial charge < -0.3 is 20.1 Å². The number of unbranched alkanes of at least 4 members (excludes halogenated alkanes) is 40. The first kappa shape index (κ1) is 70.2. The second kappa shape index (κ2) is 58.5. The summed E-state index contributed by atoms with van der Waals surface area (Å²) in [5.41, 5.74) is 5.37. The van der Waals surface area contributed by atoms with Crippen molar-refractivity contribution in [2.45, 2.75) is 322 Å². The van der Waals surface area contributed by atoms with Gasteiger partial charge in [-0.2, -0.15) is 0 Å². The van der Waals surface area contributed by atoms with E-state index in [-0.39, 0.29) is 38.6 Å². The molecule has 0 saturated carbocycles. The molecule has 10 heteroatoms. The second-order valence-corrected chi connectivity index (χ2v) is 22.4. The van der Waals surface area contributed by atoms with Gasteiger partial charge in [0.05, 0.1) is 13.2 Å². The van der Waals surface area contributed by atoms with Gasteiger partial charge in [-0.1, -0.05) is 269 Å². The van der Waals surface area contributed by atoms with E-state index in [2.05, 4.69) is 50.3 Å². The van der Waals surface area contributed by atoms with Crippen LogP contribution in [0.2, 0.25) is 0 Å². The van der Waals surface area contributed by atoms with Crippen LogP contribution in [-0.2, 0) is 32.7 Å². The fourth-order valence-electron chi connectivity index (χ4n) is 9.13. The zero-order valence-corrected chi connectivity index (χ0v) is 48.3. The van der Waals surface area contributed by atoms with Crippen LogP contribution < -0.4 is 5.73 Å². The maximum atomic E-state index is 12.7. The van der Waals surface area contributed by atoms with Crippen molar-refractivity contribution in [1.29, 1.82) is 0 Å². The second-order valence-electron chi connectivity index (χ2n) is 20.9. The van der Waals surface area contributed by atoms with E-state index in [1.165, 1.54) is 225 Å².